The molecular weight excluding hydrogens is 275 g/mol. The minimum absolute atomic E-state index is 0.258. The molecule has 0 unspecified atom stereocenters. The fourth-order valence-electron chi connectivity index (χ4n) is 2.66. The van der Waals surface area contributed by atoms with Crippen molar-refractivity contribution >= 4 is 11.8 Å². The van der Waals surface area contributed by atoms with Crippen molar-refractivity contribution < 1.29 is 23.1 Å². The fraction of sp³-hybridized carbons (Fsp3) is 0.667. The van der Waals surface area contributed by atoms with Crippen molar-refractivity contribution in [1.82, 2.24) is 9.78 Å². The number of hydrogen-bond acceptors (Lipinski definition) is 3. The van der Waals surface area contributed by atoms with E-state index in [0.717, 1.165) is 30.4 Å². The lowest BCUT2D eigenvalue weighted by Crippen LogP contribution is -2.15. The lowest BCUT2D eigenvalue weighted by atomic mass is 10.1. The second kappa shape index (κ2) is 5.34. The summed E-state index contributed by atoms with van der Waals surface area (Å²) in [5.74, 6) is -2.31. The SMILES string of the molecule is Nc1c(C(F)(F)F)c(C(=O)O)nn1C1CCCCCC1. The van der Waals surface area contributed by atoms with E-state index in [4.69, 9.17) is 10.8 Å². The molecule has 1 aromatic heterocycles. The molecule has 1 saturated carbocycles. The van der Waals surface area contributed by atoms with Gasteiger partial charge >= 0.3 is 12.1 Å². The Balaban J connectivity index is 2.46. The van der Waals surface area contributed by atoms with Crippen LogP contribution in [0, 0.1) is 0 Å². The molecular formula is C12H16F3N3O2. The predicted octanol–water partition coefficient (Wildman–Crippen LogP) is 3.08. The van der Waals surface area contributed by atoms with Crippen LogP contribution in [-0.4, -0.2) is 20.9 Å². The van der Waals surface area contributed by atoms with Gasteiger partial charge in [-0.15, -0.1) is 0 Å². The number of anilines is 1. The highest BCUT2D eigenvalue weighted by molar-refractivity contribution is 5.89. The molecule has 8 heteroatoms. The molecule has 2 rings (SSSR count). The van der Waals surface area contributed by atoms with Crippen molar-refractivity contribution in [2.45, 2.75) is 50.7 Å². The van der Waals surface area contributed by atoms with E-state index in [9.17, 15) is 18.0 Å². The second-order valence-electron chi connectivity index (χ2n) is 5.00. The minimum Gasteiger partial charge on any atom is -0.476 e. The zero-order chi connectivity index (χ0) is 14.9. The number of carboxylic acid groups (broad SMARTS) is 1. The van der Waals surface area contributed by atoms with Crippen LogP contribution in [0.5, 0.6) is 0 Å². The molecule has 0 saturated heterocycles. The highest BCUT2D eigenvalue weighted by Gasteiger charge is 2.42. The molecule has 0 atom stereocenters. The largest absolute Gasteiger partial charge is 0.476 e. The third-order valence-corrected chi connectivity index (χ3v) is 3.60. The van der Waals surface area contributed by atoms with Crippen molar-refractivity contribution in [2.24, 2.45) is 0 Å². The number of aromatic carboxylic acids is 1. The highest BCUT2D eigenvalue weighted by atomic mass is 19.4. The van der Waals surface area contributed by atoms with E-state index < -0.39 is 29.2 Å². The van der Waals surface area contributed by atoms with E-state index in [-0.39, 0.29) is 6.04 Å². The summed E-state index contributed by atoms with van der Waals surface area (Å²) in [6.07, 6.45) is 0.331. The molecule has 20 heavy (non-hydrogen) atoms. The number of nitrogen functional groups attached to an aromatic ring is 1. The van der Waals surface area contributed by atoms with Gasteiger partial charge in [0.1, 0.15) is 11.4 Å². The Morgan fingerprint density at radius 3 is 2.20 bits per heavy atom. The number of alkyl halides is 3. The molecule has 0 radical (unpaired) electrons. The van der Waals surface area contributed by atoms with Gasteiger partial charge < -0.3 is 10.8 Å². The van der Waals surface area contributed by atoms with Gasteiger partial charge in [-0.1, -0.05) is 25.7 Å². The van der Waals surface area contributed by atoms with Crippen molar-refractivity contribution in [3.8, 4) is 0 Å². The lowest BCUT2D eigenvalue weighted by molar-refractivity contribution is -0.137. The Morgan fingerprint density at radius 1 is 1.25 bits per heavy atom. The number of carboxylic acids is 1. The van der Waals surface area contributed by atoms with Gasteiger partial charge in [-0.3, -0.25) is 0 Å². The van der Waals surface area contributed by atoms with Gasteiger partial charge in [0.25, 0.3) is 0 Å². The molecule has 0 aliphatic heterocycles. The number of aromatic nitrogens is 2. The van der Waals surface area contributed by atoms with Crippen LogP contribution >= 0.6 is 0 Å². The van der Waals surface area contributed by atoms with Crippen LogP contribution in [0.25, 0.3) is 0 Å². The van der Waals surface area contributed by atoms with Gasteiger partial charge in [0.2, 0.25) is 0 Å². The van der Waals surface area contributed by atoms with Crippen LogP contribution < -0.4 is 5.73 Å². The van der Waals surface area contributed by atoms with Crippen LogP contribution in [0.4, 0.5) is 19.0 Å². The summed E-state index contributed by atoms with van der Waals surface area (Å²) in [5.41, 5.74) is 3.17. The summed E-state index contributed by atoms with van der Waals surface area (Å²) >= 11 is 0. The Labute approximate surface area is 113 Å². The monoisotopic (exact) mass is 291 g/mol. The average Bonchev–Trinajstić information content (AvgIpc) is 2.54. The number of halogens is 3. The average molecular weight is 291 g/mol. The molecule has 112 valence electrons. The van der Waals surface area contributed by atoms with Gasteiger partial charge in [0.05, 0.1) is 6.04 Å². The van der Waals surface area contributed by atoms with Gasteiger partial charge in [-0.2, -0.15) is 18.3 Å². The number of nitrogens with zero attached hydrogens (tertiary/aromatic N) is 2. The quantitative estimate of drug-likeness (QED) is 0.820. The molecule has 1 aliphatic carbocycles. The third-order valence-electron chi connectivity index (χ3n) is 3.60. The summed E-state index contributed by atoms with van der Waals surface area (Å²) in [6, 6.07) is -0.258. The summed E-state index contributed by atoms with van der Waals surface area (Å²) in [4.78, 5) is 11.0. The van der Waals surface area contributed by atoms with E-state index in [1.54, 1.807) is 0 Å². The summed E-state index contributed by atoms with van der Waals surface area (Å²) in [5, 5.41) is 12.5. The normalized spacial score (nSPS) is 17.9. The van der Waals surface area contributed by atoms with Gasteiger partial charge in [0, 0.05) is 0 Å². The Kier molecular flexibility index (Phi) is 3.92. The lowest BCUT2D eigenvalue weighted by Gasteiger charge is -2.16. The highest BCUT2D eigenvalue weighted by Crippen LogP contribution is 2.39. The molecule has 1 aliphatic rings. The molecule has 1 heterocycles. The van der Waals surface area contributed by atoms with Crippen molar-refractivity contribution in [3.63, 3.8) is 0 Å². The van der Waals surface area contributed by atoms with E-state index in [1.807, 2.05) is 0 Å². The van der Waals surface area contributed by atoms with Crippen LogP contribution in [0.1, 0.15) is 60.6 Å². The Morgan fingerprint density at radius 2 is 1.80 bits per heavy atom. The summed E-state index contributed by atoms with van der Waals surface area (Å²) in [7, 11) is 0. The minimum atomic E-state index is -4.82. The maximum Gasteiger partial charge on any atom is 0.422 e. The van der Waals surface area contributed by atoms with Crippen LogP contribution in [0.3, 0.4) is 0 Å². The zero-order valence-corrected chi connectivity index (χ0v) is 10.8. The van der Waals surface area contributed by atoms with E-state index in [1.165, 1.54) is 0 Å². The predicted molar refractivity (Wildman–Crippen MR) is 65.3 cm³/mol. The first kappa shape index (κ1) is 14.7. The van der Waals surface area contributed by atoms with Gasteiger partial charge in [-0.05, 0) is 12.8 Å². The molecule has 5 nitrogen and oxygen atoms in total. The van der Waals surface area contributed by atoms with Crippen molar-refractivity contribution in [2.75, 3.05) is 5.73 Å². The van der Waals surface area contributed by atoms with Crippen molar-refractivity contribution in [1.29, 1.82) is 0 Å². The molecule has 1 fully saturated rings. The number of hydrogen-bond donors (Lipinski definition) is 2. The maximum atomic E-state index is 12.9. The van der Waals surface area contributed by atoms with Crippen LogP contribution in [0.2, 0.25) is 0 Å². The van der Waals surface area contributed by atoms with Crippen LogP contribution in [0.15, 0.2) is 0 Å². The van der Waals surface area contributed by atoms with E-state index in [2.05, 4.69) is 5.10 Å². The first-order valence-corrected chi connectivity index (χ1v) is 6.51. The maximum absolute atomic E-state index is 12.9. The Hall–Kier alpha value is -1.73. The van der Waals surface area contributed by atoms with E-state index in [0.29, 0.717) is 12.8 Å². The molecule has 0 aromatic carbocycles. The second-order valence-corrected chi connectivity index (χ2v) is 5.00. The van der Waals surface area contributed by atoms with E-state index >= 15 is 0 Å². The fourth-order valence-corrected chi connectivity index (χ4v) is 2.66. The third kappa shape index (κ3) is 2.73. The molecule has 0 spiro atoms. The van der Waals surface area contributed by atoms with Crippen LogP contribution in [-0.2, 0) is 6.18 Å². The molecule has 1 aromatic rings. The first-order chi connectivity index (χ1) is 9.32. The first-order valence-electron chi connectivity index (χ1n) is 6.51. The van der Waals surface area contributed by atoms with Crippen molar-refractivity contribution in [3.05, 3.63) is 11.3 Å². The summed E-state index contributed by atoms with van der Waals surface area (Å²) in [6.45, 7) is 0. The van der Waals surface area contributed by atoms with Gasteiger partial charge in [-0.25, -0.2) is 9.48 Å². The molecule has 0 bridgehead atoms. The standard InChI is InChI=1S/C12H16F3N3O2/c13-12(14,15)8-9(11(19)20)17-18(10(8)16)7-5-3-1-2-4-6-7/h7H,1-6,16H2,(H,19,20). The summed E-state index contributed by atoms with van der Waals surface area (Å²) < 4.78 is 39.9. The van der Waals surface area contributed by atoms with Gasteiger partial charge in [0.15, 0.2) is 5.69 Å². The number of rotatable bonds is 2. The molecule has 3 N–H and O–H groups in total. The zero-order valence-electron chi connectivity index (χ0n) is 10.8. The number of nitrogens with two attached hydrogens (primary N) is 1. The number of carbonyl (C=O) groups is 1. The molecule has 0 amide bonds. The Bertz CT molecular complexity index is 503. The topological polar surface area (TPSA) is 81.1 Å². The smallest absolute Gasteiger partial charge is 0.422 e.